The third-order valence-electron chi connectivity index (χ3n) is 18.1. The van der Waals surface area contributed by atoms with Crippen LogP contribution in [-0.2, 0) is 0 Å². The van der Waals surface area contributed by atoms with Crippen molar-refractivity contribution in [2.75, 3.05) is 9.80 Å². The van der Waals surface area contributed by atoms with Crippen molar-refractivity contribution >= 4 is 148 Å². The summed E-state index contributed by atoms with van der Waals surface area (Å²) in [5.74, 6) is 29.7. The van der Waals surface area contributed by atoms with Crippen molar-refractivity contribution in [3.05, 3.63) is 267 Å². The minimum absolute atomic E-state index is 1.14. The summed E-state index contributed by atoms with van der Waals surface area (Å²) in [7, 11) is 0. The fraction of sp³-hybridized carbons (Fsp3) is 0.146. The molecule has 0 saturated carbocycles. The first kappa shape index (κ1) is 59.6. The van der Waals surface area contributed by atoms with E-state index in [9.17, 15) is 0 Å². The van der Waals surface area contributed by atoms with Gasteiger partial charge in [-0.25, -0.2) is 0 Å². The number of fused-ring (bicyclic) bond motifs is 4. The second-order valence-electron chi connectivity index (χ2n) is 28.2. The topological polar surface area (TPSA) is 6.48 Å². The van der Waals surface area contributed by atoms with Gasteiger partial charge < -0.3 is 0 Å². The molecule has 13 aromatic carbocycles. The van der Waals surface area contributed by atoms with Crippen LogP contribution < -0.4 is 27.4 Å². The predicted octanol–water partition coefficient (Wildman–Crippen LogP) is 22.1. The molecule has 0 atom stereocenters. The number of anilines is 6. The molecule has 88 heavy (non-hydrogen) atoms. The summed E-state index contributed by atoms with van der Waals surface area (Å²) < 4.78 is 6.04. The van der Waals surface area contributed by atoms with Crippen molar-refractivity contribution in [1.29, 1.82) is 0 Å². The van der Waals surface area contributed by atoms with Gasteiger partial charge in [-0.15, -0.1) is 0 Å². The van der Waals surface area contributed by atoms with E-state index in [0.29, 0.717) is 0 Å². The molecule has 0 radical (unpaired) electrons. The third kappa shape index (κ3) is 11.6. The third-order valence-corrected chi connectivity index (χ3v) is 35.4. The van der Waals surface area contributed by atoms with Crippen LogP contribution in [0.3, 0.4) is 0 Å². The first-order chi connectivity index (χ1) is 42.2. The van der Waals surface area contributed by atoms with Gasteiger partial charge in [0.25, 0.3) is 0 Å². The molecule has 0 aromatic heterocycles. The van der Waals surface area contributed by atoms with Crippen molar-refractivity contribution in [2.24, 2.45) is 0 Å². The summed E-state index contributed by atoms with van der Waals surface area (Å²) in [5.41, 5.74) is 16.8. The molecule has 0 heterocycles. The molecular weight excluding hydrogens is 1300 g/mol. The molecule has 0 amide bonds. The Labute approximate surface area is 533 Å². The molecule has 0 aliphatic rings. The maximum atomic E-state index is 2.48. The normalized spacial score (nSPS) is 12.3. The Morgan fingerprint density at radius 1 is 0.182 bits per heavy atom. The van der Waals surface area contributed by atoms with E-state index in [1.807, 2.05) is 0 Å². The number of hydrogen-bond donors (Lipinski definition) is 0. The van der Waals surface area contributed by atoms with Crippen molar-refractivity contribution in [3.63, 3.8) is 0 Å². The molecule has 13 aromatic rings. The second-order valence-corrected chi connectivity index (χ2v) is 70.8. The number of nitrogens with zero attached hydrogens (tertiary/aromatic N) is 2. The summed E-state index contributed by atoms with van der Waals surface area (Å²) in [4.78, 5) is 4.92. The van der Waals surface area contributed by atoms with Crippen LogP contribution in [-0.4, -0.2) is 53.1 Å². The van der Waals surface area contributed by atoms with Gasteiger partial charge in [0.15, 0.2) is 0 Å². The van der Waals surface area contributed by atoms with E-state index in [1.54, 1.807) is 0 Å². The van der Waals surface area contributed by atoms with Crippen LogP contribution in [0.5, 0.6) is 0 Å². The fourth-order valence-electron chi connectivity index (χ4n) is 13.3. The van der Waals surface area contributed by atoms with Crippen LogP contribution in [0.4, 0.5) is 34.1 Å². The number of benzene rings is 13. The molecule has 0 aliphatic heterocycles. The molecule has 0 N–H and O–H groups in total. The minimum atomic E-state index is -2.06. The molecule has 6 heteroatoms. The molecule has 0 saturated heterocycles. The zero-order chi connectivity index (χ0) is 61.3. The van der Waals surface area contributed by atoms with Gasteiger partial charge in [-0.3, -0.25) is 0 Å². The molecule has 0 fully saturated rings. The summed E-state index contributed by atoms with van der Waals surface area (Å²) >= 11 is -8.24. The molecule has 0 spiro atoms. The van der Waals surface area contributed by atoms with E-state index in [1.165, 1.54) is 128 Å². The van der Waals surface area contributed by atoms with Gasteiger partial charge in [0.1, 0.15) is 0 Å². The SMILES string of the molecule is [CH3][Ge]([CH3])([CH3])[c]1ccc(N(c2cc[c]([Ge]([CH3])([CH3])[CH3])cc2)c2cccc(-c3c4ccccc4c(-c4cccc(-c5c6ccccc6c(-c6cccc(N(c7cc[c]([Ge]([CH3])([CH3])[CH3])cc7)c7cc[c]([Ge]([CH3])([CH3])[CH3])cc7)c6)c6ccccc56)c4)c4ccccc34)c2)cc1. The van der Waals surface area contributed by atoms with Gasteiger partial charge in [-0.1, -0.05) is 42.5 Å². The Morgan fingerprint density at radius 2 is 0.375 bits per heavy atom. The molecule has 2 nitrogen and oxygen atoms in total. The van der Waals surface area contributed by atoms with Gasteiger partial charge in [-0.2, -0.15) is 0 Å². The van der Waals surface area contributed by atoms with E-state index in [-0.39, 0.29) is 0 Å². The Bertz CT molecular complexity index is 4220. The number of rotatable bonds is 14. The molecule has 0 bridgehead atoms. The van der Waals surface area contributed by atoms with Crippen LogP contribution >= 0.6 is 0 Å². The molecular formula is C82H80Ge4N2. The molecule has 0 unspecified atom stereocenters. The Balaban J connectivity index is 0.942. The fourth-order valence-corrected chi connectivity index (χ4v) is 23.1. The van der Waals surface area contributed by atoms with Crippen molar-refractivity contribution in [1.82, 2.24) is 0 Å². The standard InChI is InChI=1S/C82H80Ge4N2/c1-83(2,3)61-38-46-65(47-39-61)87(66-48-40-62(41-49-66)84(4,5)6)69-28-22-26-59(55-69)81-75-34-17-13-30-71(75)79(72-31-14-18-35-76(72)81)57-24-21-25-58(54-57)80-73-32-15-19-36-77(73)82(78-37-20-16-33-74(78)80)60-27-23-29-70(56-60)88(67-50-42-63(43-51-67)85(7,8)9)68-52-44-64(45-53-68)86(10,11)12/h13-56H,1-12H3. The van der Waals surface area contributed by atoms with Crippen molar-refractivity contribution < 1.29 is 0 Å². The summed E-state index contributed by atoms with van der Waals surface area (Å²) in [6, 6.07) is 102. The van der Waals surface area contributed by atoms with Gasteiger partial charge in [0.2, 0.25) is 0 Å². The van der Waals surface area contributed by atoms with E-state index in [0.717, 1.165) is 11.4 Å². The van der Waals surface area contributed by atoms with Crippen LogP contribution in [0.15, 0.2) is 267 Å². The van der Waals surface area contributed by atoms with Crippen LogP contribution in [0.25, 0.3) is 87.6 Å². The average molecular weight is 1380 g/mol. The van der Waals surface area contributed by atoms with Crippen LogP contribution in [0, 0.1) is 0 Å². The first-order valence-electron chi connectivity index (χ1n) is 31.4. The summed E-state index contributed by atoms with van der Waals surface area (Å²) in [6.07, 6.45) is 0. The number of hydrogen-bond acceptors (Lipinski definition) is 2. The summed E-state index contributed by atoms with van der Waals surface area (Å²) in [6.45, 7) is 0. The van der Waals surface area contributed by atoms with E-state index in [4.69, 9.17) is 0 Å². The van der Waals surface area contributed by atoms with E-state index in [2.05, 4.69) is 346 Å². The predicted molar refractivity (Wildman–Crippen MR) is 399 cm³/mol. The van der Waals surface area contributed by atoms with E-state index < -0.39 is 53.1 Å². The molecule has 13 rings (SSSR count). The maximum absolute atomic E-state index is 2.48. The molecule has 0 aliphatic carbocycles. The van der Waals surface area contributed by atoms with Crippen molar-refractivity contribution in [3.8, 4) is 44.5 Å². The van der Waals surface area contributed by atoms with Gasteiger partial charge in [0.05, 0.1) is 0 Å². The van der Waals surface area contributed by atoms with Gasteiger partial charge >= 0.3 is 479 Å². The Morgan fingerprint density at radius 3 is 0.580 bits per heavy atom. The van der Waals surface area contributed by atoms with Crippen molar-refractivity contribution in [2.45, 2.75) is 69.1 Å². The quantitative estimate of drug-likeness (QED) is 0.0791. The Hall–Kier alpha value is -7.33. The average Bonchev–Trinajstić information content (AvgIpc) is 0.787. The van der Waals surface area contributed by atoms with E-state index >= 15 is 0 Å². The first-order valence-corrected chi connectivity index (χ1v) is 60.8. The molecule has 434 valence electrons. The zero-order valence-corrected chi connectivity index (χ0v) is 61.7. The monoisotopic (exact) mass is 1390 g/mol. The van der Waals surface area contributed by atoms with Crippen LogP contribution in [0.1, 0.15) is 0 Å². The van der Waals surface area contributed by atoms with Gasteiger partial charge in [0, 0.05) is 0 Å². The second kappa shape index (κ2) is 23.6. The zero-order valence-electron chi connectivity index (χ0n) is 53.3. The van der Waals surface area contributed by atoms with Gasteiger partial charge in [-0.05, 0) is 17.2 Å². The van der Waals surface area contributed by atoms with Crippen LogP contribution in [0.2, 0.25) is 69.1 Å². The Kier molecular flexibility index (Phi) is 16.0. The summed E-state index contributed by atoms with van der Waals surface area (Å²) in [5, 5.41) is 9.90.